The predicted molar refractivity (Wildman–Crippen MR) is 95.1 cm³/mol. The van der Waals surface area contributed by atoms with Gasteiger partial charge in [-0.25, -0.2) is 0 Å². The van der Waals surface area contributed by atoms with Crippen molar-refractivity contribution in [2.24, 2.45) is 5.73 Å². The second-order valence-electron chi connectivity index (χ2n) is 4.68. The first-order chi connectivity index (χ1) is 10.0. The number of rotatable bonds is 5. The average molecular weight is 434 g/mol. The summed E-state index contributed by atoms with van der Waals surface area (Å²) in [6.07, 6.45) is 0.974. The van der Waals surface area contributed by atoms with E-state index < -0.39 is 0 Å². The van der Waals surface area contributed by atoms with Crippen molar-refractivity contribution in [1.29, 1.82) is 0 Å². The normalized spacial score (nSPS) is 12.2. The van der Waals surface area contributed by atoms with Gasteiger partial charge in [-0.3, -0.25) is 0 Å². The monoisotopic (exact) mass is 431 g/mol. The van der Waals surface area contributed by atoms with Gasteiger partial charge in [0.05, 0.1) is 17.1 Å². The summed E-state index contributed by atoms with van der Waals surface area (Å²) in [4.78, 5) is 0. The molecule has 0 bridgehead atoms. The molecule has 0 fully saturated rings. The number of halogens is 3. The highest BCUT2D eigenvalue weighted by atomic mass is 79.9. The fourth-order valence-corrected chi connectivity index (χ4v) is 3.10. The lowest BCUT2D eigenvalue weighted by Crippen LogP contribution is -2.12. The van der Waals surface area contributed by atoms with E-state index in [-0.39, 0.29) is 6.04 Å². The lowest BCUT2D eigenvalue weighted by Gasteiger charge is -2.16. The minimum absolute atomic E-state index is 0.286. The van der Waals surface area contributed by atoms with Crippen molar-refractivity contribution < 1.29 is 4.74 Å². The summed E-state index contributed by atoms with van der Waals surface area (Å²) in [6, 6.07) is 11.3. The Hall–Kier alpha value is -0.550. The zero-order chi connectivity index (χ0) is 15.4. The van der Waals surface area contributed by atoms with Gasteiger partial charge < -0.3 is 10.5 Å². The van der Waals surface area contributed by atoms with E-state index in [1.807, 2.05) is 36.4 Å². The summed E-state index contributed by atoms with van der Waals surface area (Å²) in [6.45, 7) is 2.77. The van der Waals surface area contributed by atoms with Crippen LogP contribution in [0.2, 0.25) is 5.02 Å². The van der Waals surface area contributed by atoms with Crippen LogP contribution < -0.4 is 10.5 Å². The molecular weight excluding hydrogens is 417 g/mol. The average Bonchev–Trinajstić information content (AvgIpc) is 2.47. The fourth-order valence-electron chi connectivity index (χ4n) is 1.97. The third-order valence-electron chi connectivity index (χ3n) is 3.07. The van der Waals surface area contributed by atoms with Crippen LogP contribution in [0.3, 0.4) is 0 Å². The third kappa shape index (κ3) is 4.22. The molecule has 2 aromatic carbocycles. The maximum Gasteiger partial charge on any atom is 0.133 e. The van der Waals surface area contributed by atoms with Gasteiger partial charge in [0.15, 0.2) is 0 Å². The lowest BCUT2D eigenvalue weighted by atomic mass is 9.99. The van der Waals surface area contributed by atoms with E-state index >= 15 is 0 Å². The number of benzene rings is 2. The quantitative estimate of drug-likeness (QED) is 0.656. The van der Waals surface area contributed by atoms with Crippen molar-refractivity contribution in [3.63, 3.8) is 0 Å². The van der Waals surface area contributed by atoms with E-state index in [1.54, 1.807) is 0 Å². The Morgan fingerprint density at radius 1 is 1.19 bits per heavy atom. The Morgan fingerprint density at radius 2 is 1.95 bits per heavy atom. The van der Waals surface area contributed by atoms with E-state index in [9.17, 15) is 0 Å². The van der Waals surface area contributed by atoms with Crippen LogP contribution in [0.5, 0.6) is 5.75 Å². The van der Waals surface area contributed by atoms with Gasteiger partial charge in [0.1, 0.15) is 5.75 Å². The molecule has 0 amide bonds. The third-order valence-corrected chi connectivity index (χ3v) is 4.53. The van der Waals surface area contributed by atoms with Gasteiger partial charge in [-0.1, -0.05) is 40.5 Å². The molecule has 0 spiro atoms. The minimum Gasteiger partial charge on any atom is -0.492 e. The Labute approximate surface area is 146 Å². The van der Waals surface area contributed by atoms with Crippen LogP contribution in [-0.2, 0) is 0 Å². The highest BCUT2D eigenvalue weighted by molar-refractivity contribution is 9.10. The molecule has 2 rings (SSSR count). The number of nitrogens with two attached hydrogens (primary N) is 1. The molecule has 0 saturated heterocycles. The number of hydrogen-bond acceptors (Lipinski definition) is 2. The Balaban J connectivity index is 2.29. The molecule has 1 unspecified atom stereocenters. The number of hydrogen-bond donors (Lipinski definition) is 1. The summed E-state index contributed by atoms with van der Waals surface area (Å²) in [5.41, 5.74) is 8.20. The van der Waals surface area contributed by atoms with Crippen LogP contribution in [0.25, 0.3) is 0 Å². The molecule has 2 nitrogen and oxygen atoms in total. The van der Waals surface area contributed by atoms with Gasteiger partial charge in [-0.2, -0.15) is 0 Å². The topological polar surface area (TPSA) is 35.2 Å². The van der Waals surface area contributed by atoms with Gasteiger partial charge in [0, 0.05) is 9.50 Å². The highest BCUT2D eigenvalue weighted by Gasteiger charge is 2.14. The first kappa shape index (κ1) is 16.8. The van der Waals surface area contributed by atoms with Gasteiger partial charge >= 0.3 is 0 Å². The summed E-state index contributed by atoms with van der Waals surface area (Å²) in [7, 11) is 0. The van der Waals surface area contributed by atoms with Crippen LogP contribution in [0.15, 0.2) is 45.3 Å². The second-order valence-corrected chi connectivity index (χ2v) is 6.86. The van der Waals surface area contributed by atoms with Crippen molar-refractivity contribution in [3.8, 4) is 5.75 Å². The SMILES string of the molecule is CCCOc1ccc(C(N)c2cc(Br)ccc2Cl)cc1Br. The summed E-state index contributed by atoms with van der Waals surface area (Å²) in [5.74, 6) is 0.827. The largest absolute Gasteiger partial charge is 0.492 e. The van der Waals surface area contributed by atoms with E-state index in [0.29, 0.717) is 11.6 Å². The van der Waals surface area contributed by atoms with Crippen molar-refractivity contribution >= 4 is 43.5 Å². The second kappa shape index (κ2) is 7.63. The lowest BCUT2D eigenvalue weighted by molar-refractivity contribution is 0.315. The fraction of sp³-hybridized carbons (Fsp3) is 0.250. The minimum atomic E-state index is -0.286. The van der Waals surface area contributed by atoms with Crippen LogP contribution in [0.1, 0.15) is 30.5 Å². The zero-order valence-electron chi connectivity index (χ0n) is 11.6. The van der Waals surface area contributed by atoms with Crippen molar-refractivity contribution in [2.45, 2.75) is 19.4 Å². The number of ether oxygens (including phenoxy) is 1. The maximum absolute atomic E-state index is 6.34. The van der Waals surface area contributed by atoms with Gasteiger partial charge in [-0.15, -0.1) is 0 Å². The van der Waals surface area contributed by atoms with Gasteiger partial charge in [-0.05, 0) is 63.8 Å². The van der Waals surface area contributed by atoms with Gasteiger partial charge in [0.2, 0.25) is 0 Å². The first-order valence-electron chi connectivity index (χ1n) is 6.65. The van der Waals surface area contributed by atoms with Crippen molar-refractivity contribution in [2.75, 3.05) is 6.61 Å². The Kier molecular flexibility index (Phi) is 6.11. The Bertz CT molecular complexity index is 634. The van der Waals surface area contributed by atoms with E-state index in [2.05, 4.69) is 38.8 Å². The zero-order valence-corrected chi connectivity index (χ0v) is 15.5. The maximum atomic E-state index is 6.34. The molecule has 1 atom stereocenters. The summed E-state index contributed by atoms with van der Waals surface area (Å²) >= 11 is 13.2. The molecule has 0 aliphatic heterocycles. The molecule has 0 heterocycles. The molecule has 0 aliphatic carbocycles. The van der Waals surface area contributed by atoms with Crippen LogP contribution >= 0.6 is 43.5 Å². The van der Waals surface area contributed by atoms with Crippen LogP contribution in [0, 0.1) is 0 Å². The molecule has 0 radical (unpaired) electrons. The molecule has 0 saturated carbocycles. The molecule has 2 aromatic rings. The van der Waals surface area contributed by atoms with Crippen LogP contribution in [-0.4, -0.2) is 6.61 Å². The summed E-state index contributed by atoms with van der Waals surface area (Å²) in [5, 5.41) is 0.660. The molecular formula is C16H16Br2ClNO. The van der Waals surface area contributed by atoms with Gasteiger partial charge in [0.25, 0.3) is 0 Å². The van der Waals surface area contributed by atoms with E-state index in [0.717, 1.165) is 32.2 Å². The van der Waals surface area contributed by atoms with E-state index in [1.165, 1.54) is 0 Å². The van der Waals surface area contributed by atoms with Crippen molar-refractivity contribution in [3.05, 3.63) is 61.5 Å². The first-order valence-corrected chi connectivity index (χ1v) is 8.62. The van der Waals surface area contributed by atoms with Crippen LogP contribution in [0.4, 0.5) is 0 Å². The highest BCUT2D eigenvalue weighted by Crippen LogP contribution is 2.33. The van der Waals surface area contributed by atoms with E-state index in [4.69, 9.17) is 22.1 Å². The standard InChI is InChI=1S/C16H16Br2ClNO/c1-2-7-21-15-6-3-10(8-13(15)18)16(20)12-9-11(17)4-5-14(12)19/h3-6,8-9,16H,2,7,20H2,1H3. The molecule has 0 aliphatic rings. The smallest absolute Gasteiger partial charge is 0.133 e. The molecule has 112 valence electrons. The molecule has 2 N–H and O–H groups in total. The van der Waals surface area contributed by atoms with Crippen molar-refractivity contribution in [1.82, 2.24) is 0 Å². The Morgan fingerprint density at radius 3 is 2.62 bits per heavy atom. The molecule has 21 heavy (non-hydrogen) atoms. The molecule has 0 aromatic heterocycles. The predicted octanol–water partition coefficient (Wildman–Crippen LogP) is 5.70. The molecule has 5 heteroatoms. The summed E-state index contributed by atoms with van der Waals surface area (Å²) < 4.78 is 7.50.